The van der Waals surface area contributed by atoms with Crippen LogP contribution in [-0.4, -0.2) is 79.8 Å². The van der Waals surface area contributed by atoms with Crippen molar-refractivity contribution in [1.82, 2.24) is 18.7 Å². The van der Waals surface area contributed by atoms with E-state index < -0.39 is 10.0 Å². The summed E-state index contributed by atoms with van der Waals surface area (Å²) in [4.78, 5) is 18.0. The lowest BCUT2D eigenvalue weighted by molar-refractivity contribution is 0.0633. The molecule has 3 aromatic rings. The van der Waals surface area contributed by atoms with E-state index in [1.54, 1.807) is 18.2 Å². The van der Waals surface area contributed by atoms with Crippen LogP contribution in [0.5, 0.6) is 0 Å². The number of likely N-dealkylation sites (N-methyl/N-ethyl adjacent to an activating group) is 1. The number of fused-ring (bicyclic) bond motifs is 1. The summed E-state index contributed by atoms with van der Waals surface area (Å²) in [6.07, 6.45) is 0. The molecular formula is C24H30N4O3S. The van der Waals surface area contributed by atoms with Crippen molar-refractivity contribution in [2.45, 2.75) is 18.4 Å². The Hall–Kier alpha value is -2.68. The molecular weight excluding hydrogens is 424 g/mol. The smallest absolute Gasteiger partial charge is 0.270 e. The second kappa shape index (κ2) is 9.05. The second-order valence-electron chi connectivity index (χ2n) is 8.34. The quantitative estimate of drug-likeness (QED) is 0.575. The molecule has 8 heteroatoms. The van der Waals surface area contributed by atoms with Gasteiger partial charge in [-0.05, 0) is 36.4 Å². The number of carbonyl (C=O) groups is 1. The minimum Gasteiger partial charge on any atom is -0.335 e. The van der Waals surface area contributed by atoms with Crippen LogP contribution in [-0.2, 0) is 16.6 Å². The first-order chi connectivity index (χ1) is 15.3. The Balaban J connectivity index is 1.77. The highest BCUT2D eigenvalue weighted by Crippen LogP contribution is 2.27. The van der Waals surface area contributed by atoms with E-state index in [2.05, 4.69) is 11.8 Å². The summed E-state index contributed by atoms with van der Waals surface area (Å²) < 4.78 is 28.5. The van der Waals surface area contributed by atoms with Crippen molar-refractivity contribution in [2.24, 2.45) is 0 Å². The van der Waals surface area contributed by atoms with Crippen molar-refractivity contribution in [1.29, 1.82) is 0 Å². The molecule has 7 nitrogen and oxygen atoms in total. The standard InChI is InChI=1S/C24H30N4O3S/c1-4-26-12-14-27(15-13-26)24(29)23-17-20-16-21(32(30,31)25(2)3)10-11-22(20)28(23)18-19-8-6-5-7-9-19/h5-11,16-17H,4,12-15,18H2,1-3H3. The van der Waals surface area contributed by atoms with Crippen LogP contribution in [0.4, 0.5) is 0 Å². The third-order valence-corrected chi connectivity index (χ3v) is 7.97. The van der Waals surface area contributed by atoms with Crippen LogP contribution in [0.15, 0.2) is 59.5 Å². The van der Waals surface area contributed by atoms with Crippen LogP contribution < -0.4 is 0 Å². The molecule has 32 heavy (non-hydrogen) atoms. The Bertz CT molecular complexity index is 1210. The lowest BCUT2D eigenvalue weighted by Crippen LogP contribution is -2.48. The van der Waals surface area contributed by atoms with Crippen LogP contribution in [0.2, 0.25) is 0 Å². The summed E-state index contributed by atoms with van der Waals surface area (Å²) in [7, 11) is -0.520. The van der Waals surface area contributed by atoms with E-state index in [1.165, 1.54) is 18.4 Å². The normalized spacial score (nSPS) is 15.6. The molecule has 0 radical (unpaired) electrons. The molecule has 1 amide bonds. The van der Waals surface area contributed by atoms with Gasteiger partial charge < -0.3 is 14.4 Å². The predicted octanol–water partition coefficient (Wildman–Crippen LogP) is 2.72. The molecule has 0 bridgehead atoms. The molecule has 1 aliphatic rings. The van der Waals surface area contributed by atoms with Crippen LogP contribution >= 0.6 is 0 Å². The zero-order valence-corrected chi connectivity index (χ0v) is 19.7. The molecule has 0 atom stereocenters. The van der Waals surface area contributed by atoms with Gasteiger partial charge in [0.15, 0.2) is 0 Å². The number of sulfonamides is 1. The zero-order valence-electron chi connectivity index (χ0n) is 18.9. The van der Waals surface area contributed by atoms with Gasteiger partial charge in [0, 0.05) is 57.7 Å². The van der Waals surface area contributed by atoms with Crippen molar-refractivity contribution in [3.8, 4) is 0 Å². The molecule has 1 aromatic heterocycles. The Morgan fingerprint density at radius 1 is 0.969 bits per heavy atom. The fraction of sp³-hybridized carbons (Fsp3) is 0.375. The Kier molecular flexibility index (Phi) is 6.37. The molecule has 0 aliphatic carbocycles. The van der Waals surface area contributed by atoms with Gasteiger partial charge in [0.1, 0.15) is 5.69 Å². The largest absolute Gasteiger partial charge is 0.335 e. The number of rotatable bonds is 6. The third-order valence-electron chi connectivity index (χ3n) is 6.16. The minimum absolute atomic E-state index is 0.00935. The SMILES string of the molecule is CCN1CCN(C(=O)c2cc3cc(S(=O)(=O)N(C)C)ccc3n2Cc2ccccc2)CC1. The van der Waals surface area contributed by atoms with Crippen molar-refractivity contribution in [2.75, 3.05) is 46.8 Å². The first kappa shape index (κ1) is 22.5. The molecule has 0 N–H and O–H groups in total. The van der Waals surface area contributed by atoms with Crippen LogP contribution in [0, 0.1) is 0 Å². The van der Waals surface area contributed by atoms with Gasteiger partial charge in [-0.3, -0.25) is 4.79 Å². The summed E-state index contributed by atoms with van der Waals surface area (Å²) >= 11 is 0. The Morgan fingerprint density at radius 3 is 2.28 bits per heavy atom. The number of nitrogens with zero attached hydrogens (tertiary/aromatic N) is 4. The van der Waals surface area contributed by atoms with Crippen molar-refractivity contribution < 1.29 is 13.2 Å². The average molecular weight is 455 g/mol. The van der Waals surface area contributed by atoms with Gasteiger partial charge in [-0.2, -0.15) is 0 Å². The van der Waals surface area contributed by atoms with Gasteiger partial charge in [0.05, 0.1) is 4.90 Å². The Morgan fingerprint density at radius 2 is 1.66 bits per heavy atom. The molecule has 1 aliphatic heterocycles. The fourth-order valence-corrected chi connectivity index (χ4v) is 5.10. The lowest BCUT2D eigenvalue weighted by atomic mass is 10.2. The van der Waals surface area contributed by atoms with Crippen molar-refractivity contribution in [3.05, 3.63) is 65.9 Å². The average Bonchev–Trinajstić information content (AvgIpc) is 3.16. The first-order valence-corrected chi connectivity index (χ1v) is 12.4. The molecule has 0 saturated carbocycles. The minimum atomic E-state index is -3.56. The summed E-state index contributed by atoms with van der Waals surface area (Å²) in [5.41, 5.74) is 2.52. The van der Waals surface area contributed by atoms with Crippen molar-refractivity contribution >= 4 is 26.8 Å². The number of carbonyl (C=O) groups excluding carboxylic acids is 1. The van der Waals surface area contributed by atoms with Gasteiger partial charge in [-0.15, -0.1) is 0 Å². The predicted molar refractivity (Wildman–Crippen MR) is 126 cm³/mol. The maximum absolute atomic E-state index is 13.5. The van der Waals surface area contributed by atoms with Gasteiger partial charge in [-0.25, -0.2) is 12.7 Å². The third kappa shape index (κ3) is 4.30. The van der Waals surface area contributed by atoms with E-state index in [4.69, 9.17) is 0 Å². The molecule has 4 rings (SSSR count). The topological polar surface area (TPSA) is 65.9 Å². The van der Waals surface area contributed by atoms with Gasteiger partial charge in [-0.1, -0.05) is 37.3 Å². The molecule has 170 valence electrons. The highest BCUT2D eigenvalue weighted by atomic mass is 32.2. The number of benzene rings is 2. The lowest BCUT2D eigenvalue weighted by Gasteiger charge is -2.34. The summed E-state index contributed by atoms with van der Waals surface area (Å²) in [5.74, 6) is -0.00935. The van der Waals surface area contributed by atoms with Gasteiger partial charge in [0.2, 0.25) is 10.0 Å². The monoisotopic (exact) mass is 454 g/mol. The molecule has 2 aromatic carbocycles. The number of hydrogen-bond donors (Lipinski definition) is 0. The van der Waals surface area contributed by atoms with E-state index >= 15 is 0 Å². The molecule has 2 heterocycles. The Labute approximate surface area is 189 Å². The first-order valence-electron chi connectivity index (χ1n) is 10.9. The van der Waals surface area contributed by atoms with E-state index in [0.717, 1.165) is 36.1 Å². The summed E-state index contributed by atoms with van der Waals surface area (Å²) in [5, 5.41) is 0.749. The van der Waals surface area contributed by atoms with Gasteiger partial charge in [0.25, 0.3) is 5.91 Å². The molecule has 1 fully saturated rings. The number of piperazine rings is 1. The number of amides is 1. The maximum Gasteiger partial charge on any atom is 0.270 e. The molecule has 0 spiro atoms. The van der Waals surface area contributed by atoms with E-state index in [9.17, 15) is 13.2 Å². The van der Waals surface area contributed by atoms with Crippen LogP contribution in [0.3, 0.4) is 0 Å². The second-order valence-corrected chi connectivity index (χ2v) is 10.5. The van der Waals surface area contributed by atoms with Crippen LogP contribution in [0.25, 0.3) is 10.9 Å². The highest BCUT2D eigenvalue weighted by Gasteiger charge is 2.26. The number of hydrogen-bond acceptors (Lipinski definition) is 4. The van der Waals surface area contributed by atoms with E-state index in [0.29, 0.717) is 25.3 Å². The summed E-state index contributed by atoms with van der Waals surface area (Å²) in [6, 6.07) is 16.9. The van der Waals surface area contributed by atoms with Crippen LogP contribution in [0.1, 0.15) is 23.0 Å². The van der Waals surface area contributed by atoms with E-state index in [-0.39, 0.29) is 10.8 Å². The highest BCUT2D eigenvalue weighted by molar-refractivity contribution is 7.89. The zero-order chi connectivity index (χ0) is 22.9. The number of aromatic nitrogens is 1. The maximum atomic E-state index is 13.5. The molecule has 0 unspecified atom stereocenters. The fourth-order valence-electron chi connectivity index (χ4n) is 4.16. The van der Waals surface area contributed by atoms with E-state index in [1.807, 2.05) is 45.9 Å². The van der Waals surface area contributed by atoms with Gasteiger partial charge >= 0.3 is 0 Å². The summed E-state index contributed by atoms with van der Waals surface area (Å²) in [6.45, 7) is 6.78. The van der Waals surface area contributed by atoms with Crippen molar-refractivity contribution in [3.63, 3.8) is 0 Å². The molecule has 1 saturated heterocycles.